The van der Waals surface area contributed by atoms with Crippen molar-refractivity contribution in [3.63, 3.8) is 0 Å². The molecule has 0 aromatic heterocycles. The van der Waals surface area contributed by atoms with E-state index in [0.717, 1.165) is 32.4 Å². The highest BCUT2D eigenvalue weighted by molar-refractivity contribution is 4.98. The molecule has 0 aromatic rings. The van der Waals surface area contributed by atoms with Crippen molar-refractivity contribution in [2.45, 2.75) is 136 Å². The predicted octanol–water partition coefficient (Wildman–Crippen LogP) is 5.12. The van der Waals surface area contributed by atoms with Crippen molar-refractivity contribution in [3.8, 4) is 0 Å². The van der Waals surface area contributed by atoms with Crippen molar-refractivity contribution in [1.29, 1.82) is 0 Å². The predicted molar refractivity (Wildman–Crippen MR) is 175 cm³/mol. The average molecular weight is 612 g/mol. The van der Waals surface area contributed by atoms with E-state index in [4.69, 9.17) is 18.9 Å². The summed E-state index contributed by atoms with van der Waals surface area (Å²) in [5.41, 5.74) is -0.631. The zero-order valence-corrected chi connectivity index (χ0v) is 30.0. The summed E-state index contributed by atoms with van der Waals surface area (Å²) < 4.78 is 26.3. The van der Waals surface area contributed by atoms with Gasteiger partial charge in [0.05, 0.1) is 31.0 Å². The smallest absolute Gasteiger partial charge is 0.185 e. The molecule has 0 radical (unpaired) electrons. The minimum atomic E-state index is -0.728. The van der Waals surface area contributed by atoms with Crippen LogP contribution in [0.1, 0.15) is 93.9 Å². The number of likely N-dealkylation sites (tertiary alicyclic amines) is 1. The van der Waals surface area contributed by atoms with E-state index in [9.17, 15) is 5.11 Å². The van der Waals surface area contributed by atoms with Crippen LogP contribution in [0.25, 0.3) is 0 Å². The maximum Gasteiger partial charge on any atom is 0.185 e. The standard InChI is InChI=1S/C35H69N3O5/c1-13-16-38-17-14-28(15-18-38)34(7)24-41-23-33(5,6)21-26(3)31(35(8,40-12)20-25(2)22-37(34)11)43-32-30(39)29(36(9)10)19-27(4)42-32/h25-32,39H,13-24H2,1-12H3/t25-,26-,27-,29+,30-,31-,32+,34+,35-/m1/s1. The molecule has 0 amide bonds. The van der Waals surface area contributed by atoms with E-state index in [2.05, 4.69) is 77.1 Å². The molecule has 254 valence electrons. The number of aliphatic hydroxyl groups is 1. The maximum absolute atomic E-state index is 11.4. The molecule has 0 aliphatic carbocycles. The molecule has 1 N–H and O–H groups in total. The molecule has 3 aliphatic rings. The van der Waals surface area contributed by atoms with Crippen LogP contribution in [0.4, 0.5) is 0 Å². The van der Waals surface area contributed by atoms with E-state index in [0.29, 0.717) is 18.4 Å². The highest BCUT2D eigenvalue weighted by atomic mass is 16.7. The number of hydrogen-bond acceptors (Lipinski definition) is 8. The molecule has 3 saturated heterocycles. The number of ether oxygens (including phenoxy) is 4. The van der Waals surface area contributed by atoms with Gasteiger partial charge in [0.15, 0.2) is 6.29 Å². The van der Waals surface area contributed by atoms with Crippen LogP contribution in [0.2, 0.25) is 0 Å². The Kier molecular flexibility index (Phi) is 13.4. The van der Waals surface area contributed by atoms with Crippen molar-refractivity contribution in [1.82, 2.24) is 14.7 Å². The van der Waals surface area contributed by atoms with Gasteiger partial charge < -0.3 is 33.9 Å². The summed E-state index contributed by atoms with van der Waals surface area (Å²) in [7, 11) is 8.17. The van der Waals surface area contributed by atoms with E-state index < -0.39 is 18.0 Å². The van der Waals surface area contributed by atoms with Gasteiger partial charge in [-0.2, -0.15) is 0 Å². The quantitative estimate of drug-likeness (QED) is 0.426. The molecule has 3 aliphatic heterocycles. The number of likely N-dealkylation sites (N-methyl/N-ethyl adjacent to an activating group) is 2. The molecule has 8 heteroatoms. The lowest BCUT2D eigenvalue weighted by molar-refractivity contribution is -0.298. The third-order valence-corrected chi connectivity index (χ3v) is 11.1. The van der Waals surface area contributed by atoms with Crippen molar-refractivity contribution in [2.24, 2.45) is 23.2 Å². The van der Waals surface area contributed by atoms with E-state index in [-0.39, 0.29) is 35.1 Å². The van der Waals surface area contributed by atoms with E-state index in [1.807, 2.05) is 21.2 Å². The van der Waals surface area contributed by atoms with Crippen LogP contribution in [0.15, 0.2) is 0 Å². The van der Waals surface area contributed by atoms with Crippen LogP contribution in [-0.4, -0.2) is 129 Å². The first-order valence-corrected chi connectivity index (χ1v) is 17.3. The molecule has 3 heterocycles. The number of piperidine rings is 1. The SMILES string of the molecule is CCCN1CCC([C@]2(C)COCC(C)(C)C[C@@H](C)[C@@H](O[C@@H]3O[C@H](C)C[C@H](N(C)C)[C@H]3O)[C@](C)(OC)C[C@@H](C)CN2C)CC1. The van der Waals surface area contributed by atoms with Gasteiger partial charge in [-0.3, -0.25) is 4.90 Å². The van der Waals surface area contributed by atoms with E-state index in [1.165, 1.54) is 38.9 Å². The summed E-state index contributed by atoms with van der Waals surface area (Å²) in [6.45, 7) is 24.2. The molecule has 0 bridgehead atoms. The lowest BCUT2D eigenvalue weighted by atomic mass is 9.75. The zero-order valence-electron chi connectivity index (χ0n) is 30.0. The van der Waals surface area contributed by atoms with Gasteiger partial charge in [-0.25, -0.2) is 0 Å². The third-order valence-electron chi connectivity index (χ3n) is 11.1. The number of aliphatic hydroxyl groups excluding tert-OH is 1. The van der Waals surface area contributed by atoms with Crippen LogP contribution in [0.5, 0.6) is 0 Å². The summed E-state index contributed by atoms with van der Waals surface area (Å²) in [6.07, 6.45) is 4.53. The highest BCUT2D eigenvalue weighted by Crippen LogP contribution is 2.41. The van der Waals surface area contributed by atoms with E-state index >= 15 is 0 Å². The molecular formula is C35H69N3O5. The van der Waals surface area contributed by atoms with Gasteiger partial charge >= 0.3 is 0 Å². The summed E-state index contributed by atoms with van der Waals surface area (Å²) in [5.74, 6) is 1.13. The fourth-order valence-electron chi connectivity index (χ4n) is 8.63. The topological polar surface area (TPSA) is 66.9 Å². The van der Waals surface area contributed by atoms with Gasteiger partial charge in [0.25, 0.3) is 0 Å². The van der Waals surface area contributed by atoms with E-state index in [1.54, 1.807) is 0 Å². The Labute approximate surface area is 265 Å². The largest absolute Gasteiger partial charge is 0.386 e. The molecule has 3 rings (SSSR count). The van der Waals surface area contributed by atoms with Gasteiger partial charge in [-0.1, -0.05) is 34.6 Å². The van der Waals surface area contributed by atoms with Crippen LogP contribution in [0.3, 0.4) is 0 Å². The normalized spacial score (nSPS) is 41.9. The molecule has 8 nitrogen and oxygen atoms in total. The Morgan fingerprint density at radius 2 is 1.65 bits per heavy atom. The van der Waals surface area contributed by atoms with Crippen LogP contribution in [0, 0.1) is 23.2 Å². The van der Waals surface area contributed by atoms with Crippen molar-refractivity contribution >= 4 is 0 Å². The molecule has 0 saturated carbocycles. The molecular weight excluding hydrogens is 542 g/mol. The summed E-state index contributed by atoms with van der Waals surface area (Å²) in [4.78, 5) is 7.31. The van der Waals surface area contributed by atoms with Crippen LogP contribution < -0.4 is 0 Å². The first kappa shape index (κ1) is 37.1. The Morgan fingerprint density at radius 1 is 1.00 bits per heavy atom. The molecule has 43 heavy (non-hydrogen) atoms. The monoisotopic (exact) mass is 612 g/mol. The molecule has 0 spiro atoms. The van der Waals surface area contributed by atoms with Gasteiger partial charge in [-0.05, 0) is 123 Å². The number of methoxy groups -OCH3 is 1. The molecule has 9 atom stereocenters. The fourth-order valence-corrected chi connectivity index (χ4v) is 8.63. The van der Waals surface area contributed by atoms with Gasteiger partial charge in [0.2, 0.25) is 0 Å². The lowest BCUT2D eigenvalue weighted by Crippen LogP contribution is -2.59. The number of hydrogen-bond donors (Lipinski definition) is 1. The van der Waals surface area contributed by atoms with Crippen molar-refractivity contribution in [2.75, 3.05) is 67.6 Å². The van der Waals surface area contributed by atoms with Crippen molar-refractivity contribution in [3.05, 3.63) is 0 Å². The van der Waals surface area contributed by atoms with Crippen LogP contribution in [-0.2, 0) is 18.9 Å². The fraction of sp³-hybridized carbons (Fsp3) is 1.00. The van der Waals surface area contributed by atoms with Crippen LogP contribution >= 0.6 is 0 Å². The second-order valence-electron chi connectivity index (χ2n) is 16.1. The van der Waals surface area contributed by atoms with Gasteiger partial charge in [-0.15, -0.1) is 0 Å². The first-order valence-electron chi connectivity index (χ1n) is 17.3. The number of nitrogens with zero attached hydrogens (tertiary/aromatic N) is 3. The second kappa shape index (κ2) is 15.5. The van der Waals surface area contributed by atoms with Gasteiger partial charge in [0.1, 0.15) is 6.10 Å². The first-order chi connectivity index (χ1) is 20.0. The van der Waals surface area contributed by atoms with Gasteiger partial charge in [0, 0.05) is 25.2 Å². The van der Waals surface area contributed by atoms with Crippen molar-refractivity contribution < 1.29 is 24.1 Å². The second-order valence-corrected chi connectivity index (χ2v) is 16.1. The Morgan fingerprint density at radius 3 is 2.23 bits per heavy atom. The Hall–Kier alpha value is -0.320. The number of rotatable bonds is 7. The highest BCUT2D eigenvalue weighted by Gasteiger charge is 2.48. The minimum absolute atomic E-state index is 0.00333. The molecule has 3 fully saturated rings. The lowest BCUT2D eigenvalue weighted by Gasteiger charge is -2.49. The Bertz CT molecular complexity index is 836. The molecule has 0 unspecified atom stereocenters. The summed E-state index contributed by atoms with van der Waals surface area (Å²) >= 11 is 0. The minimum Gasteiger partial charge on any atom is -0.386 e. The molecule has 0 aromatic carbocycles. The zero-order chi connectivity index (χ0) is 32.2. The summed E-state index contributed by atoms with van der Waals surface area (Å²) in [5, 5.41) is 11.4. The average Bonchev–Trinajstić information content (AvgIpc) is 2.92. The maximum atomic E-state index is 11.4. The summed E-state index contributed by atoms with van der Waals surface area (Å²) in [6, 6.07) is -0.0171. The third kappa shape index (κ3) is 9.37. The Balaban J connectivity index is 1.89.